The Balaban J connectivity index is 1.45. The summed E-state index contributed by atoms with van der Waals surface area (Å²) in [6, 6.07) is 12.9. The van der Waals surface area contributed by atoms with Crippen molar-refractivity contribution in [3.05, 3.63) is 70.8 Å². The van der Waals surface area contributed by atoms with E-state index in [1.807, 2.05) is 41.8 Å². The fraction of sp³-hybridized carbons (Fsp3) is 0.118. The molecule has 0 radical (unpaired) electrons. The molecule has 0 atom stereocenters. The Hall–Kier alpha value is -2.93. The van der Waals surface area contributed by atoms with E-state index in [2.05, 4.69) is 20.6 Å². The van der Waals surface area contributed by atoms with Crippen LogP contribution in [0.3, 0.4) is 0 Å². The van der Waals surface area contributed by atoms with Crippen molar-refractivity contribution in [2.75, 3.05) is 0 Å². The Morgan fingerprint density at radius 3 is 2.58 bits per heavy atom. The predicted octanol–water partition coefficient (Wildman–Crippen LogP) is 3.33. The maximum Gasteiger partial charge on any atom is 0.315 e. The smallest absolute Gasteiger partial charge is 0.315 e. The lowest BCUT2D eigenvalue weighted by Gasteiger charge is -2.08. The van der Waals surface area contributed by atoms with Gasteiger partial charge in [-0.2, -0.15) is 0 Å². The van der Waals surface area contributed by atoms with Crippen molar-refractivity contribution in [3.63, 3.8) is 0 Å². The molecular formula is C17H16N4O2S. The average Bonchev–Trinajstić information content (AvgIpc) is 3.14. The highest BCUT2D eigenvalue weighted by molar-refractivity contribution is 7.07. The van der Waals surface area contributed by atoms with Crippen LogP contribution in [0.5, 0.6) is 11.6 Å². The fourth-order valence-corrected chi connectivity index (χ4v) is 2.48. The maximum absolute atomic E-state index is 11.7. The van der Waals surface area contributed by atoms with Gasteiger partial charge in [0.15, 0.2) is 0 Å². The summed E-state index contributed by atoms with van der Waals surface area (Å²) >= 11 is 1.50. The second-order valence-corrected chi connectivity index (χ2v) is 5.65. The second kappa shape index (κ2) is 8.07. The van der Waals surface area contributed by atoms with Crippen molar-refractivity contribution in [1.82, 2.24) is 20.6 Å². The number of aromatic nitrogens is 2. The Labute approximate surface area is 143 Å². The van der Waals surface area contributed by atoms with E-state index < -0.39 is 0 Å². The van der Waals surface area contributed by atoms with E-state index in [0.29, 0.717) is 19.0 Å². The number of hydrogen-bond acceptors (Lipinski definition) is 5. The van der Waals surface area contributed by atoms with Gasteiger partial charge in [0.2, 0.25) is 5.88 Å². The van der Waals surface area contributed by atoms with Crippen LogP contribution in [0.2, 0.25) is 0 Å². The minimum absolute atomic E-state index is 0.243. The highest BCUT2D eigenvalue weighted by Gasteiger charge is 2.03. The maximum atomic E-state index is 11.7. The van der Waals surface area contributed by atoms with Crippen LogP contribution in [0.1, 0.15) is 11.3 Å². The number of carbonyl (C=O) groups excluding carboxylic acids is 1. The summed E-state index contributed by atoms with van der Waals surface area (Å²) in [5.41, 5.74) is 3.47. The normalized spacial score (nSPS) is 10.2. The Morgan fingerprint density at radius 2 is 1.88 bits per heavy atom. The number of hydrogen-bond donors (Lipinski definition) is 2. The van der Waals surface area contributed by atoms with Gasteiger partial charge in [0.1, 0.15) is 5.75 Å². The average molecular weight is 340 g/mol. The van der Waals surface area contributed by atoms with Gasteiger partial charge in [0, 0.05) is 24.2 Å². The van der Waals surface area contributed by atoms with Crippen molar-refractivity contribution in [2.45, 2.75) is 13.1 Å². The van der Waals surface area contributed by atoms with Crippen molar-refractivity contribution >= 4 is 17.4 Å². The molecule has 0 saturated heterocycles. The summed E-state index contributed by atoms with van der Waals surface area (Å²) < 4.78 is 5.62. The molecule has 0 aliphatic rings. The van der Waals surface area contributed by atoms with Gasteiger partial charge in [-0.05, 0) is 17.7 Å². The van der Waals surface area contributed by atoms with Crippen LogP contribution in [-0.4, -0.2) is 16.0 Å². The molecule has 0 unspecified atom stereocenters. The molecule has 2 heterocycles. The van der Waals surface area contributed by atoms with Gasteiger partial charge in [-0.1, -0.05) is 24.3 Å². The molecule has 2 N–H and O–H groups in total. The first kappa shape index (κ1) is 15.9. The molecule has 3 rings (SSSR count). The number of benzene rings is 1. The first-order chi connectivity index (χ1) is 11.8. The van der Waals surface area contributed by atoms with Crippen molar-refractivity contribution in [1.29, 1.82) is 0 Å². The summed E-state index contributed by atoms with van der Waals surface area (Å²) in [4.78, 5) is 20.1. The van der Waals surface area contributed by atoms with Crippen molar-refractivity contribution < 1.29 is 9.53 Å². The lowest BCUT2D eigenvalue weighted by molar-refractivity contribution is 0.240. The van der Waals surface area contributed by atoms with Crippen LogP contribution in [0.15, 0.2) is 59.6 Å². The zero-order valence-electron chi connectivity index (χ0n) is 12.8. The monoisotopic (exact) mass is 340 g/mol. The summed E-state index contributed by atoms with van der Waals surface area (Å²) in [5, 5.41) is 7.42. The highest BCUT2D eigenvalue weighted by atomic mass is 32.1. The van der Waals surface area contributed by atoms with Gasteiger partial charge in [0.05, 0.1) is 17.7 Å². The Bertz CT molecular complexity index is 761. The summed E-state index contributed by atoms with van der Waals surface area (Å²) in [6.07, 6.45) is 1.68. The highest BCUT2D eigenvalue weighted by Crippen LogP contribution is 2.18. The molecule has 0 saturated carbocycles. The number of carbonyl (C=O) groups is 1. The molecule has 3 aromatic rings. The molecular weight excluding hydrogens is 324 g/mol. The lowest BCUT2D eigenvalue weighted by atomic mass is 10.3. The van der Waals surface area contributed by atoms with Gasteiger partial charge in [-0.25, -0.2) is 14.8 Å². The molecule has 122 valence electrons. The topological polar surface area (TPSA) is 76.1 Å². The SMILES string of the molecule is O=C(NCc1ccc(Oc2ccccc2)nc1)NCc1cscn1. The van der Waals surface area contributed by atoms with E-state index in [1.165, 1.54) is 11.3 Å². The molecule has 0 aliphatic carbocycles. The van der Waals surface area contributed by atoms with Gasteiger partial charge in [0.25, 0.3) is 0 Å². The van der Waals surface area contributed by atoms with Crippen molar-refractivity contribution in [2.24, 2.45) is 0 Å². The van der Waals surface area contributed by atoms with Crippen LogP contribution < -0.4 is 15.4 Å². The number of rotatable bonds is 6. The lowest BCUT2D eigenvalue weighted by Crippen LogP contribution is -2.34. The van der Waals surface area contributed by atoms with Crippen LogP contribution in [0.25, 0.3) is 0 Å². The standard InChI is InChI=1S/C17H16N4O2S/c22-17(20-10-14-11-24-12-21-14)19-9-13-6-7-16(18-8-13)23-15-4-2-1-3-5-15/h1-8,11-12H,9-10H2,(H2,19,20,22). The molecule has 0 bridgehead atoms. The molecule has 6 nitrogen and oxygen atoms in total. The molecule has 7 heteroatoms. The number of ether oxygens (including phenoxy) is 1. The Kier molecular flexibility index (Phi) is 5.36. The van der Waals surface area contributed by atoms with Crippen LogP contribution >= 0.6 is 11.3 Å². The first-order valence-corrected chi connectivity index (χ1v) is 8.30. The van der Waals surface area contributed by atoms with Crippen LogP contribution in [-0.2, 0) is 13.1 Å². The number of urea groups is 1. The minimum Gasteiger partial charge on any atom is -0.439 e. The zero-order chi connectivity index (χ0) is 16.6. The minimum atomic E-state index is -0.243. The molecule has 0 spiro atoms. The third-order valence-corrected chi connectivity index (χ3v) is 3.77. The fourth-order valence-electron chi connectivity index (χ4n) is 1.93. The van der Waals surface area contributed by atoms with E-state index in [1.54, 1.807) is 17.8 Å². The number of thiazole rings is 1. The second-order valence-electron chi connectivity index (χ2n) is 4.94. The molecule has 0 aliphatic heterocycles. The van der Waals surface area contributed by atoms with E-state index >= 15 is 0 Å². The van der Waals surface area contributed by atoms with E-state index in [4.69, 9.17) is 4.74 Å². The Morgan fingerprint density at radius 1 is 1.04 bits per heavy atom. The van der Waals surface area contributed by atoms with Crippen LogP contribution in [0, 0.1) is 0 Å². The first-order valence-electron chi connectivity index (χ1n) is 7.36. The summed E-state index contributed by atoms with van der Waals surface area (Å²) in [6.45, 7) is 0.805. The largest absolute Gasteiger partial charge is 0.439 e. The van der Waals surface area contributed by atoms with E-state index in [-0.39, 0.29) is 6.03 Å². The van der Waals surface area contributed by atoms with Gasteiger partial charge < -0.3 is 15.4 Å². The molecule has 2 amide bonds. The van der Waals surface area contributed by atoms with E-state index in [0.717, 1.165) is 17.0 Å². The third-order valence-electron chi connectivity index (χ3n) is 3.13. The third kappa shape index (κ3) is 4.79. The predicted molar refractivity (Wildman–Crippen MR) is 91.9 cm³/mol. The van der Waals surface area contributed by atoms with Crippen LogP contribution in [0.4, 0.5) is 4.79 Å². The van der Waals surface area contributed by atoms with Gasteiger partial charge in [-0.3, -0.25) is 0 Å². The molecule has 2 aromatic heterocycles. The number of nitrogens with one attached hydrogen (secondary N) is 2. The number of para-hydroxylation sites is 1. The van der Waals surface area contributed by atoms with Crippen molar-refractivity contribution in [3.8, 4) is 11.6 Å². The van der Waals surface area contributed by atoms with Gasteiger partial charge in [-0.15, -0.1) is 11.3 Å². The van der Waals surface area contributed by atoms with Gasteiger partial charge >= 0.3 is 6.03 Å². The van der Waals surface area contributed by atoms with E-state index in [9.17, 15) is 4.79 Å². The summed E-state index contributed by atoms with van der Waals surface area (Å²) in [5.74, 6) is 1.25. The summed E-state index contributed by atoms with van der Waals surface area (Å²) in [7, 11) is 0. The number of nitrogens with zero attached hydrogens (tertiary/aromatic N) is 2. The zero-order valence-corrected chi connectivity index (χ0v) is 13.6. The molecule has 1 aromatic carbocycles. The molecule has 24 heavy (non-hydrogen) atoms. The molecule has 0 fully saturated rings. The number of amides is 2. The number of pyridine rings is 1. The quantitative estimate of drug-likeness (QED) is 0.722.